The molecule has 1 rings (SSSR count). The fraction of sp³-hybridized carbons (Fsp3) is 0.500. The molecule has 0 aliphatic rings. The van der Waals surface area contributed by atoms with Gasteiger partial charge < -0.3 is 14.1 Å². The largest absolute Gasteiger partial charge is 0.464 e. The molecule has 0 fully saturated rings. The summed E-state index contributed by atoms with van der Waals surface area (Å²) in [7, 11) is 1.53. The van der Waals surface area contributed by atoms with E-state index in [1.165, 1.54) is 18.2 Å². The Hall–Kier alpha value is -1.78. The van der Waals surface area contributed by atoms with Crippen molar-refractivity contribution in [3.63, 3.8) is 0 Å². The zero-order valence-corrected chi connectivity index (χ0v) is 10.3. The van der Waals surface area contributed by atoms with Gasteiger partial charge >= 0.3 is 5.97 Å². The lowest BCUT2D eigenvalue weighted by atomic mass is 10.2. The maximum Gasteiger partial charge on any atom is 0.325 e. The molecule has 1 amide bonds. The number of hydrogen-bond donors (Lipinski definition) is 0. The molecule has 0 bridgehead atoms. The van der Waals surface area contributed by atoms with Crippen LogP contribution in [0.15, 0.2) is 22.8 Å². The summed E-state index contributed by atoms with van der Waals surface area (Å²) >= 11 is 0. The number of likely N-dealkylation sites (N-methyl/N-ethyl adjacent to an activating group) is 1. The Labute approximate surface area is 100 Å². The normalized spacial score (nSPS) is 10.4. The predicted octanol–water partition coefficient (Wildman–Crippen LogP) is 1.55. The summed E-state index contributed by atoms with van der Waals surface area (Å²) in [6, 6.07) is 3.18. The van der Waals surface area contributed by atoms with E-state index in [-0.39, 0.29) is 24.1 Å². The number of ether oxygens (including phenoxy) is 1. The Bertz CT molecular complexity index is 370. The summed E-state index contributed by atoms with van der Waals surface area (Å²) in [5, 5.41) is 0. The number of carbonyl (C=O) groups excluding carboxylic acids is 2. The van der Waals surface area contributed by atoms with Crippen LogP contribution in [0.4, 0.5) is 0 Å². The molecule has 0 aliphatic heterocycles. The Morgan fingerprint density at radius 3 is 2.71 bits per heavy atom. The highest BCUT2D eigenvalue weighted by Gasteiger charge is 2.17. The van der Waals surface area contributed by atoms with Gasteiger partial charge in [-0.3, -0.25) is 9.59 Å². The van der Waals surface area contributed by atoms with Crippen LogP contribution in [0.2, 0.25) is 0 Å². The molecule has 0 spiro atoms. The maximum atomic E-state index is 11.7. The topological polar surface area (TPSA) is 59.8 Å². The molecule has 0 saturated carbocycles. The minimum absolute atomic E-state index is 0.0771. The number of amides is 1. The maximum absolute atomic E-state index is 11.7. The van der Waals surface area contributed by atoms with Crippen LogP contribution in [0.3, 0.4) is 0 Å². The minimum atomic E-state index is -0.416. The van der Waals surface area contributed by atoms with Crippen molar-refractivity contribution >= 4 is 11.9 Å². The second-order valence-electron chi connectivity index (χ2n) is 4.22. The molecule has 0 N–H and O–H groups in total. The van der Waals surface area contributed by atoms with Gasteiger partial charge in [0.15, 0.2) is 5.76 Å². The second kappa shape index (κ2) is 6.08. The highest BCUT2D eigenvalue weighted by molar-refractivity contribution is 5.93. The molecular weight excluding hydrogens is 222 g/mol. The summed E-state index contributed by atoms with van der Waals surface area (Å²) in [5.41, 5.74) is 0. The van der Waals surface area contributed by atoms with Crippen LogP contribution >= 0.6 is 0 Å². The number of esters is 1. The van der Waals surface area contributed by atoms with E-state index in [1.807, 2.05) is 13.8 Å². The SMILES string of the molecule is CC(C)COC(=O)CN(C)C(=O)c1ccco1. The van der Waals surface area contributed by atoms with Gasteiger partial charge in [0.2, 0.25) is 0 Å². The lowest BCUT2D eigenvalue weighted by Crippen LogP contribution is -2.33. The van der Waals surface area contributed by atoms with Gasteiger partial charge in [-0.05, 0) is 18.1 Å². The first kappa shape index (κ1) is 13.3. The van der Waals surface area contributed by atoms with Crippen LogP contribution in [-0.2, 0) is 9.53 Å². The number of nitrogens with zero attached hydrogens (tertiary/aromatic N) is 1. The van der Waals surface area contributed by atoms with Crippen molar-refractivity contribution in [1.82, 2.24) is 4.90 Å². The van der Waals surface area contributed by atoms with E-state index in [9.17, 15) is 9.59 Å². The second-order valence-corrected chi connectivity index (χ2v) is 4.22. The van der Waals surface area contributed by atoms with Gasteiger partial charge in [0.25, 0.3) is 5.91 Å². The van der Waals surface area contributed by atoms with Crippen LogP contribution in [0, 0.1) is 5.92 Å². The van der Waals surface area contributed by atoms with Crippen molar-refractivity contribution in [3.05, 3.63) is 24.2 Å². The van der Waals surface area contributed by atoms with Crippen LogP contribution < -0.4 is 0 Å². The summed E-state index contributed by atoms with van der Waals surface area (Å²) in [6.45, 7) is 4.18. The first-order chi connectivity index (χ1) is 8.00. The molecule has 0 aliphatic carbocycles. The quantitative estimate of drug-likeness (QED) is 0.731. The highest BCUT2D eigenvalue weighted by Crippen LogP contribution is 2.04. The number of rotatable bonds is 5. The van der Waals surface area contributed by atoms with Crippen molar-refractivity contribution in [2.45, 2.75) is 13.8 Å². The van der Waals surface area contributed by atoms with Crippen molar-refractivity contribution < 1.29 is 18.7 Å². The molecule has 5 nitrogen and oxygen atoms in total. The van der Waals surface area contributed by atoms with Crippen molar-refractivity contribution in [2.24, 2.45) is 5.92 Å². The zero-order valence-electron chi connectivity index (χ0n) is 10.3. The highest BCUT2D eigenvalue weighted by atomic mass is 16.5. The zero-order chi connectivity index (χ0) is 12.8. The molecule has 1 aromatic heterocycles. The number of carbonyl (C=O) groups is 2. The molecule has 0 aromatic carbocycles. The van der Waals surface area contributed by atoms with Gasteiger partial charge in [-0.25, -0.2) is 0 Å². The van der Waals surface area contributed by atoms with E-state index in [0.717, 1.165) is 0 Å². The molecule has 94 valence electrons. The molecule has 0 unspecified atom stereocenters. The average Bonchev–Trinajstić information content (AvgIpc) is 2.78. The molecule has 5 heteroatoms. The van der Waals surface area contributed by atoms with E-state index in [4.69, 9.17) is 9.15 Å². The van der Waals surface area contributed by atoms with E-state index < -0.39 is 5.97 Å². The first-order valence-electron chi connectivity index (χ1n) is 5.45. The third-order valence-electron chi connectivity index (χ3n) is 2.02. The Morgan fingerprint density at radius 1 is 1.47 bits per heavy atom. The van der Waals surface area contributed by atoms with Gasteiger partial charge in [-0.15, -0.1) is 0 Å². The smallest absolute Gasteiger partial charge is 0.325 e. The van der Waals surface area contributed by atoms with Crippen molar-refractivity contribution in [2.75, 3.05) is 20.2 Å². The van der Waals surface area contributed by atoms with Gasteiger partial charge in [0, 0.05) is 7.05 Å². The average molecular weight is 239 g/mol. The van der Waals surface area contributed by atoms with E-state index in [1.54, 1.807) is 12.1 Å². The molecule has 17 heavy (non-hydrogen) atoms. The third kappa shape index (κ3) is 4.30. The van der Waals surface area contributed by atoms with E-state index in [0.29, 0.717) is 6.61 Å². The van der Waals surface area contributed by atoms with Crippen LogP contribution in [-0.4, -0.2) is 37.0 Å². The molecule has 0 saturated heterocycles. The summed E-state index contributed by atoms with van der Waals surface area (Å²) < 4.78 is 9.93. The summed E-state index contributed by atoms with van der Waals surface area (Å²) in [4.78, 5) is 24.4. The minimum Gasteiger partial charge on any atom is -0.464 e. The van der Waals surface area contributed by atoms with Crippen LogP contribution in [0.25, 0.3) is 0 Å². The van der Waals surface area contributed by atoms with E-state index >= 15 is 0 Å². The Kier molecular flexibility index (Phi) is 4.75. The van der Waals surface area contributed by atoms with Crippen LogP contribution in [0.5, 0.6) is 0 Å². The third-order valence-corrected chi connectivity index (χ3v) is 2.02. The molecule has 1 heterocycles. The fourth-order valence-corrected chi connectivity index (χ4v) is 1.16. The Morgan fingerprint density at radius 2 is 2.18 bits per heavy atom. The van der Waals surface area contributed by atoms with Crippen molar-refractivity contribution in [1.29, 1.82) is 0 Å². The molecule has 1 aromatic rings. The van der Waals surface area contributed by atoms with Gasteiger partial charge in [0.1, 0.15) is 6.54 Å². The predicted molar refractivity (Wildman–Crippen MR) is 61.5 cm³/mol. The fourth-order valence-electron chi connectivity index (χ4n) is 1.16. The summed E-state index contributed by atoms with van der Waals surface area (Å²) in [6.07, 6.45) is 1.41. The lowest BCUT2D eigenvalue weighted by molar-refractivity contribution is -0.145. The van der Waals surface area contributed by atoms with Gasteiger partial charge in [0.05, 0.1) is 12.9 Å². The Balaban J connectivity index is 2.41. The molecule has 0 atom stereocenters. The number of furan rings is 1. The standard InChI is InChI=1S/C12H17NO4/c1-9(2)8-17-11(14)7-13(3)12(15)10-5-4-6-16-10/h4-6,9H,7-8H2,1-3H3. The van der Waals surface area contributed by atoms with Crippen molar-refractivity contribution in [3.8, 4) is 0 Å². The monoisotopic (exact) mass is 239 g/mol. The molecular formula is C12H17NO4. The lowest BCUT2D eigenvalue weighted by Gasteiger charge is -2.15. The van der Waals surface area contributed by atoms with Gasteiger partial charge in [-0.1, -0.05) is 13.8 Å². The first-order valence-corrected chi connectivity index (χ1v) is 5.45. The van der Waals surface area contributed by atoms with Gasteiger partial charge in [-0.2, -0.15) is 0 Å². The number of hydrogen-bond acceptors (Lipinski definition) is 4. The van der Waals surface area contributed by atoms with E-state index in [2.05, 4.69) is 0 Å². The molecule has 0 radical (unpaired) electrons. The summed E-state index contributed by atoms with van der Waals surface area (Å²) in [5.74, 6) is -0.258. The van der Waals surface area contributed by atoms with Crippen LogP contribution in [0.1, 0.15) is 24.4 Å².